The van der Waals surface area contributed by atoms with Crippen LogP contribution in [0, 0.1) is 5.92 Å². The van der Waals surface area contributed by atoms with Gasteiger partial charge in [0, 0.05) is 32.0 Å². The molecular formula is C13H17N3O3. The van der Waals surface area contributed by atoms with Gasteiger partial charge >= 0.3 is 5.97 Å². The van der Waals surface area contributed by atoms with Gasteiger partial charge in [0.15, 0.2) is 0 Å². The van der Waals surface area contributed by atoms with Gasteiger partial charge in [0.1, 0.15) is 5.69 Å². The molecule has 102 valence electrons. The molecule has 1 aliphatic heterocycles. The first-order valence-corrected chi connectivity index (χ1v) is 6.27. The highest BCUT2D eigenvalue weighted by Crippen LogP contribution is 2.23. The van der Waals surface area contributed by atoms with Crippen molar-refractivity contribution in [3.8, 4) is 0 Å². The summed E-state index contributed by atoms with van der Waals surface area (Å²) in [5, 5.41) is 11.5. The number of carbonyl (C=O) groups excluding carboxylic acids is 1. The van der Waals surface area contributed by atoms with Crippen LogP contribution >= 0.6 is 0 Å². The van der Waals surface area contributed by atoms with Crippen LogP contribution in [0.25, 0.3) is 0 Å². The first kappa shape index (κ1) is 13.3. The molecular weight excluding hydrogens is 246 g/mol. The fraction of sp³-hybridized carbons (Fsp3) is 0.462. The number of piperidine rings is 1. The summed E-state index contributed by atoms with van der Waals surface area (Å²) in [4.78, 5) is 28.5. The Balaban J connectivity index is 2.07. The van der Waals surface area contributed by atoms with E-state index in [4.69, 9.17) is 5.11 Å². The maximum atomic E-state index is 11.5. The lowest BCUT2D eigenvalue weighted by Gasteiger charge is -2.31. The highest BCUT2D eigenvalue weighted by atomic mass is 16.4. The maximum Gasteiger partial charge on any atom is 0.306 e. The minimum absolute atomic E-state index is 0.220. The van der Waals surface area contributed by atoms with Crippen LogP contribution in [0.2, 0.25) is 0 Å². The van der Waals surface area contributed by atoms with Crippen molar-refractivity contribution >= 4 is 17.6 Å². The lowest BCUT2D eigenvalue weighted by atomic mass is 9.97. The lowest BCUT2D eigenvalue weighted by Crippen LogP contribution is -2.36. The van der Waals surface area contributed by atoms with Crippen molar-refractivity contribution < 1.29 is 14.7 Å². The molecule has 1 amide bonds. The Kier molecular flexibility index (Phi) is 3.99. The molecule has 0 unspecified atom stereocenters. The minimum Gasteiger partial charge on any atom is -0.481 e. The molecule has 1 aromatic rings. The van der Waals surface area contributed by atoms with Gasteiger partial charge in [-0.3, -0.25) is 14.6 Å². The van der Waals surface area contributed by atoms with E-state index in [-0.39, 0.29) is 11.8 Å². The highest BCUT2D eigenvalue weighted by Gasteiger charge is 2.24. The van der Waals surface area contributed by atoms with Gasteiger partial charge in [-0.2, -0.15) is 0 Å². The summed E-state index contributed by atoms with van der Waals surface area (Å²) in [5.74, 6) is -1.20. The molecule has 2 rings (SSSR count). The first-order chi connectivity index (χ1) is 9.11. The number of amides is 1. The number of aliphatic carboxylic acids is 1. The van der Waals surface area contributed by atoms with E-state index >= 15 is 0 Å². The Hall–Kier alpha value is -2.11. The molecule has 1 fully saturated rings. The summed E-state index contributed by atoms with van der Waals surface area (Å²) in [7, 11) is 1.56. The van der Waals surface area contributed by atoms with Crippen LogP contribution in [0.15, 0.2) is 18.3 Å². The molecule has 2 N–H and O–H groups in total. The zero-order valence-corrected chi connectivity index (χ0v) is 10.8. The van der Waals surface area contributed by atoms with Gasteiger partial charge < -0.3 is 15.3 Å². The largest absolute Gasteiger partial charge is 0.481 e. The predicted molar refractivity (Wildman–Crippen MR) is 70.2 cm³/mol. The molecule has 1 aliphatic rings. The summed E-state index contributed by atoms with van der Waals surface area (Å²) < 4.78 is 0. The van der Waals surface area contributed by atoms with Gasteiger partial charge in [-0.05, 0) is 25.0 Å². The molecule has 1 aromatic heterocycles. The number of rotatable bonds is 3. The van der Waals surface area contributed by atoms with Gasteiger partial charge in [-0.1, -0.05) is 0 Å². The third-order valence-electron chi connectivity index (χ3n) is 3.41. The van der Waals surface area contributed by atoms with Crippen LogP contribution in [0.3, 0.4) is 0 Å². The molecule has 0 atom stereocenters. The quantitative estimate of drug-likeness (QED) is 0.840. The minimum atomic E-state index is -0.722. The normalized spacial score (nSPS) is 16.2. The fourth-order valence-corrected chi connectivity index (χ4v) is 2.25. The van der Waals surface area contributed by atoms with E-state index in [9.17, 15) is 9.59 Å². The van der Waals surface area contributed by atoms with Crippen LogP contribution < -0.4 is 10.2 Å². The Morgan fingerprint density at radius 1 is 1.42 bits per heavy atom. The lowest BCUT2D eigenvalue weighted by molar-refractivity contribution is -0.142. The number of anilines is 1. The van der Waals surface area contributed by atoms with Crippen molar-refractivity contribution in [3.05, 3.63) is 24.0 Å². The van der Waals surface area contributed by atoms with E-state index < -0.39 is 5.97 Å². The van der Waals surface area contributed by atoms with Gasteiger partial charge in [0.05, 0.1) is 5.92 Å². The second kappa shape index (κ2) is 5.69. The number of carboxylic acids is 1. The number of aromatic nitrogens is 1. The van der Waals surface area contributed by atoms with Crippen molar-refractivity contribution in [3.63, 3.8) is 0 Å². The summed E-state index contributed by atoms with van der Waals surface area (Å²) in [6, 6.07) is 3.58. The predicted octanol–water partition coefficient (Wildman–Crippen LogP) is 0.742. The zero-order valence-electron chi connectivity index (χ0n) is 10.8. The van der Waals surface area contributed by atoms with E-state index in [1.54, 1.807) is 19.3 Å². The van der Waals surface area contributed by atoms with Gasteiger partial charge in [-0.25, -0.2) is 0 Å². The molecule has 1 saturated heterocycles. The molecule has 6 nitrogen and oxygen atoms in total. The van der Waals surface area contributed by atoms with Crippen molar-refractivity contribution in [2.45, 2.75) is 12.8 Å². The van der Waals surface area contributed by atoms with E-state index in [0.717, 1.165) is 5.69 Å². The molecule has 6 heteroatoms. The Labute approximate surface area is 111 Å². The Morgan fingerprint density at radius 3 is 2.68 bits per heavy atom. The average Bonchev–Trinajstić information content (AvgIpc) is 2.46. The van der Waals surface area contributed by atoms with E-state index in [1.165, 1.54) is 0 Å². The van der Waals surface area contributed by atoms with Crippen LogP contribution in [-0.4, -0.2) is 42.1 Å². The van der Waals surface area contributed by atoms with Crippen molar-refractivity contribution in [1.82, 2.24) is 10.3 Å². The molecule has 2 heterocycles. The van der Waals surface area contributed by atoms with Crippen molar-refractivity contribution in [2.24, 2.45) is 5.92 Å². The van der Waals surface area contributed by atoms with Crippen LogP contribution in [0.1, 0.15) is 23.3 Å². The SMILES string of the molecule is CNC(=O)c1cc(N2CCC(C(=O)O)CC2)ccn1. The number of carboxylic acid groups (broad SMARTS) is 1. The van der Waals surface area contributed by atoms with E-state index in [1.807, 2.05) is 6.07 Å². The standard InChI is InChI=1S/C13H17N3O3/c1-14-12(17)11-8-10(2-5-15-11)16-6-3-9(4-7-16)13(18)19/h2,5,8-9H,3-4,6-7H2,1H3,(H,14,17)(H,18,19). The molecule has 19 heavy (non-hydrogen) atoms. The summed E-state index contributed by atoms with van der Waals surface area (Å²) in [6.07, 6.45) is 2.86. The highest BCUT2D eigenvalue weighted by molar-refractivity contribution is 5.92. The van der Waals surface area contributed by atoms with E-state index in [0.29, 0.717) is 31.6 Å². The monoisotopic (exact) mass is 263 g/mol. The number of nitrogens with zero attached hydrogens (tertiary/aromatic N) is 2. The zero-order chi connectivity index (χ0) is 13.8. The van der Waals surface area contributed by atoms with Crippen molar-refractivity contribution in [1.29, 1.82) is 0 Å². The second-order valence-electron chi connectivity index (χ2n) is 4.58. The third kappa shape index (κ3) is 3.01. The van der Waals surface area contributed by atoms with Gasteiger partial charge in [-0.15, -0.1) is 0 Å². The molecule has 0 aliphatic carbocycles. The average molecular weight is 263 g/mol. The van der Waals surface area contributed by atoms with Crippen LogP contribution in [-0.2, 0) is 4.79 Å². The summed E-state index contributed by atoms with van der Waals surface area (Å²) in [5.41, 5.74) is 1.29. The fourth-order valence-electron chi connectivity index (χ4n) is 2.25. The molecule has 0 radical (unpaired) electrons. The first-order valence-electron chi connectivity index (χ1n) is 6.27. The van der Waals surface area contributed by atoms with Crippen LogP contribution in [0.4, 0.5) is 5.69 Å². The molecule has 0 saturated carbocycles. The third-order valence-corrected chi connectivity index (χ3v) is 3.41. The number of hydrogen-bond acceptors (Lipinski definition) is 4. The topological polar surface area (TPSA) is 82.5 Å². The summed E-state index contributed by atoms with van der Waals surface area (Å²) >= 11 is 0. The molecule has 0 aromatic carbocycles. The summed E-state index contributed by atoms with van der Waals surface area (Å²) in [6.45, 7) is 1.38. The molecule has 0 bridgehead atoms. The number of hydrogen-bond donors (Lipinski definition) is 2. The number of pyridine rings is 1. The number of carbonyl (C=O) groups is 2. The van der Waals surface area contributed by atoms with Gasteiger partial charge in [0.2, 0.25) is 0 Å². The Bertz CT molecular complexity index is 482. The molecule has 0 spiro atoms. The second-order valence-corrected chi connectivity index (χ2v) is 4.58. The smallest absolute Gasteiger partial charge is 0.306 e. The van der Waals surface area contributed by atoms with E-state index in [2.05, 4.69) is 15.2 Å². The number of nitrogens with one attached hydrogen (secondary N) is 1. The van der Waals surface area contributed by atoms with Gasteiger partial charge in [0.25, 0.3) is 5.91 Å². The maximum absolute atomic E-state index is 11.5. The Morgan fingerprint density at radius 2 is 2.11 bits per heavy atom. The van der Waals surface area contributed by atoms with Crippen LogP contribution in [0.5, 0.6) is 0 Å². The van der Waals surface area contributed by atoms with Crippen molar-refractivity contribution in [2.75, 3.05) is 25.0 Å².